The molecule has 0 bridgehead atoms. The number of thiocarbonyl (C=S) groups is 1. The van der Waals surface area contributed by atoms with Crippen molar-refractivity contribution in [3.63, 3.8) is 0 Å². The molecule has 2 aromatic rings. The highest BCUT2D eigenvalue weighted by Crippen LogP contribution is 2.31. The molecule has 0 unspecified atom stereocenters. The zero-order valence-corrected chi connectivity index (χ0v) is 9.87. The van der Waals surface area contributed by atoms with E-state index in [1.165, 1.54) is 5.56 Å². The van der Waals surface area contributed by atoms with Crippen molar-refractivity contribution in [3.8, 4) is 11.3 Å². The van der Waals surface area contributed by atoms with E-state index in [2.05, 4.69) is 15.4 Å². The Balaban J connectivity index is 2.19. The molecule has 0 radical (unpaired) electrons. The van der Waals surface area contributed by atoms with E-state index in [9.17, 15) is 0 Å². The van der Waals surface area contributed by atoms with E-state index in [0.29, 0.717) is 0 Å². The molecule has 0 atom stereocenters. The average Bonchev–Trinajstić information content (AvgIpc) is 2.90. The number of anilines is 1. The first-order valence-electron chi connectivity index (χ1n) is 5.33. The van der Waals surface area contributed by atoms with Crippen molar-refractivity contribution in [1.29, 1.82) is 0 Å². The molecule has 5 nitrogen and oxygen atoms in total. The van der Waals surface area contributed by atoms with Crippen molar-refractivity contribution >= 4 is 23.1 Å². The van der Waals surface area contributed by atoms with E-state index in [-0.39, 0.29) is 5.11 Å². The Bertz CT molecular complexity index is 575. The van der Waals surface area contributed by atoms with Crippen LogP contribution in [-0.4, -0.2) is 26.4 Å². The Morgan fingerprint density at radius 1 is 1.41 bits per heavy atom. The number of pyridine rings is 1. The molecule has 3 rings (SSSR count). The van der Waals surface area contributed by atoms with Crippen LogP contribution in [0.1, 0.15) is 5.56 Å². The number of fused-ring (bicyclic) bond motifs is 1. The molecule has 6 heteroatoms. The fourth-order valence-electron chi connectivity index (χ4n) is 2.08. The largest absolute Gasteiger partial charge is 0.374 e. The van der Waals surface area contributed by atoms with Gasteiger partial charge in [-0.2, -0.15) is 9.78 Å². The van der Waals surface area contributed by atoms with Gasteiger partial charge < -0.3 is 11.1 Å². The van der Waals surface area contributed by atoms with Crippen molar-refractivity contribution in [3.05, 3.63) is 30.1 Å². The maximum Gasteiger partial charge on any atom is 0.193 e. The number of aromatic nitrogens is 3. The fraction of sp³-hybridized carbons (Fsp3) is 0.182. The maximum atomic E-state index is 5.66. The summed E-state index contributed by atoms with van der Waals surface area (Å²) in [5.41, 5.74) is 8.80. The molecule has 1 aliphatic heterocycles. The van der Waals surface area contributed by atoms with Crippen molar-refractivity contribution in [2.24, 2.45) is 5.73 Å². The molecular formula is C11H11N5S. The highest BCUT2D eigenvalue weighted by atomic mass is 32.1. The lowest BCUT2D eigenvalue weighted by Gasteiger charge is -2.02. The molecule has 0 amide bonds. The molecule has 3 N–H and O–H groups in total. The van der Waals surface area contributed by atoms with Gasteiger partial charge in [0, 0.05) is 30.1 Å². The van der Waals surface area contributed by atoms with E-state index >= 15 is 0 Å². The van der Waals surface area contributed by atoms with Crippen LogP contribution in [0, 0.1) is 0 Å². The zero-order chi connectivity index (χ0) is 11.8. The van der Waals surface area contributed by atoms with Crippen LogP contribution in [0.15, 0.2) is 24.5 Å². The van der Waals surface area contributed by atoms with Crippen LogP contribution in [0.5, 0.6) is 0 Å². The minimum atomic E-state index is 0.260. The Morgan fingerprint density at radius 2 is 2.18 bits per heavy atom. The third kappa shape index (κ3) is 1.57. The molecule has 3 heterocycles. The molecular weight excluding hydrogens is 234 g/mol. The SMILES string of the molecule is NC(=S)n1nc(-c2ccncc2)c2c1NCC2. The molecule has 0 aromatic carbocycles. The highest BCUT2D eigenvalue weighted by molar-refractivity contribution is 7.80. The fourth-order valence-corrected chi connectivity index (χ4v) is 2.21. The average molecular weight is 245 g/mol. The highest BCUT2D eigenvalue weighted by Gasteiger charge is 2.23. The molecule has 86 valence electrons. The first kappa shape index (κ1) is 10.2. The number of nitrogens with two attached hydrogens (primary N) is 1. The monoisotopic (exact) mass is 245 g/mol. The third-order valence-electron chi connectivity index (χ3n) is 2.81. The van der Waals surface area contributed by atoms with Crippen molar-refractivity contribution in [1.82, 2.24) is 14.8 Å². The van der Waals surface area contributed by atoms with Crippen LogP contribution in [0.25, 0.3) is 11.3 Å². The van der Waals surface area contributed by atoms with Crippen LogP contribution in [-0.2, 0) is 6.42 Å². The summed E-state index contributed by atoms with van der Waals surface area (Å²) >= 11 is 4.99. The first-order chi connectivity index (χ1) is 8.27. The normalized spacial score (nSPS) is 13.2. The van der Waals surface area contributed by atoms with Crippen molar-refractivity contribution in [2.45, 2.75) is 6.42 Å². The Kier molecular flexibility index (Phi) is 2.29. The summed E-state index contributed by atoms with van der Waals surface area (Å²) in [7, 11) is 0. The number of nitrogens with zero attached hydrogens (tertiary/aromatic N) is 3. The number of hydrogen-bond acceptors (Lipinski definition) is 4. The molecule has 0 saturated carbocycles. The van der Waals surface area contributed by atoms with Crippen molar-refractivity contribution in [2.75, 3.05) is 11.9 Å². The predicted octanol–water partition coefficient (Wildman–Crippen LogP) is 1.00. The van der Waals surface area contributed by atoms with Crippen molar-refractivity contribution < 1.29 is 0 Å². The molecule has 0 spiro atoms. The Morgan fingerprint density at radius 3 is 2.88 bits per heavy atom. The van der Waals surface area contributed by atoms with Gasteiger partial charge in [-0.05, 0) is 30.8 Å². The quantitative estimate of drug-likeness (QED) is 0.734. The minimum absolute atomic E-state index is 0.260. The molecule has 2 aromatic heterocycles. The van der Waals surface area contributed by atoms with Gasteiger partial charge in [0.05, 0.1) is 5.69 Å². The Labute approximate surface area is 104 Å². The molecule has 0 aliphatic carbocycles. The second kappa shape index (κ2) is 3.81. The maximum absolute atomic E-state index is 5.66. The molecule has 0 saturated heterocycles. The summed E-state index contributed by atoms with van der Waals surface area (Å²) < 4.78 is 1.59. The third-order valence-corrected chi connectivity index (χ3v) is 2.99. The van der Waals surface area contributed by atoms with E-state index < -0.39 is 0 Å². The van der Waals surface area contributed by atoms with Gasteiger partial charge >= 0.3 is 0 Å². The molecule has 0 fully saturated rings. The van der Waals surface area contributed by atoms with Crippen LogP contribution in [0.2, 0.25) is 0 Å². The molecule has 1 aliphatic rings. The Hall–Kier alpha value is -1.95. The summed E-state index contributed by atoms with van der Waals surface area (Å²) in [6.07, 6.45) is 4.45. The van der Waals surface area contributed by atoms with Gasteiger partial charge in [-0.3, -0.25) is 4.98 Å². The second-order valence-corrected chi connectivity index (χ2v) is 4.26. The topological polar surface area (TPSA) is 68.8 Å². The molecule has 17 heavy (non-hydrogen) atoms. The number of rotatable bonds is 1. The number of nitrogens with one attached hydrogen (secondary N) is 1. The smallest absolute Gasteiger partial charge is 0.193 e. The van der Waals surface area contributed by atoms with Gasteiger partial charge in [0.15, 0.2) is 5.11 Å². The van der Waals surface area contributed by atoms with Gasteiger partial charge in [0.25, 0.3) is 0 Å². The van der Waals surface area contributed by atoms with E-state index in [0.717, 1.165) is 30.0 Å². The predicted molar refractivity (Wildman–Crippen MR) is 69.8 cm³/mol. The van der Waals surface area contributed by atoms with Gasteiger partial charge in [0.2, 0.25) is 0 Å². The lowest BCUT2D eigenvalue weighted by Crippen LogP contribution is -2.22. The number of hydrogen-bond donors (Lipinski definition) is 2. The first-order valence-corrected chi connectivity index (χ1v) is 5.74. The summed E-state index contributed by atoms with van der Waals surface area (Å²) in [5.74, 6) is 0.921. The van der Waals surface area contributed by atoms with Crippen LogP contribution < -0.4 is 11.1 Å². The van der Waals surface area contributed by atoms with E-state index in [1.54, 1.807) is 17.1 Å². The van der Waals surface area contributed by atoms with Gasteiger partial charge in [-0.25, -0.2) is 0 Å². The summed E-state index contributed by atoms with van der Waals surface area (Å²) in [4.78, 5) is 4.01. The zero-order valence-electron chi connectivity index (χ0n) is 9.05. The van der Waals surface area contributed by atoms with Crippen LogP contribution in [0.4, 0.5) is 5.82 Å². The van der Waals surface area contributed by atoms with Crippen LogP contribution >= 0.6 is 12.2 Å². The van der Waals surface area contributed by atoms with Crippen LogP contribution in [0.3, 0.4) is 0 Å². The lowest BCUT2D eigenvalue weighted by atomic mass is 10.1. The lowest BCUT2D eigenvalue weighted by molar-refractivity contribution is 0.935. The van der Waals surface area contributed by atoms with E-state index in [4.69, 9.17) is 18.0 Å². The standard InChI is InChI=1S/C11H11N5S/c12-11(17)16-10-8(3-6-14-10)9(15-16)7-1-4-13-5-2-7/h1-2,4-5,14H,3,6H2,(H2,12,17). The van der Waals surface area contributed by atoms with Gasteiger partial charge in [-0.1, -0.05) is 0 Å². The minimum Gasteiger partial charge on any atom is -0.374 e. The van der Waals surface area contributed by atoms with Gasteiger partial charge in [0.1, 0.15) is 5.82 Å². The second-order valence-electron chi connectivity index (χ2n) is 3.84. The van der Waals surface area contributed by atoms with Gasteiger partial charge in [-0.15, -0.1) is 0 Å². The summed E-state index contributed by atoms with van der Waals surface area (Å²) in [6.45, 7) is 0.897. The summed E-state index contributed by atoms with van der Waals surface area (Å²) in [6, 6.07) is 3.87. The van der Waals surface area contributed by atoms with E-state index in [1.807, 2.05) is 12.1 Å². The summed E-state index contributed by atoms with van der Waals surface area (Å²) in [5, 5.41) is 7.98.